The van der Waals surface area contributed by atoms with Gasteiger partial charge in [0.25, 0.3) is 0 Å². The van der Waals surface area contributed by atoms with E-state index in [9.17, 15) is 0 Å². The second-order valence-electron chi connectivity index (χ2n) is 3.62. The average Bonchev–Trinajstić information content (AvgIpc) is 2.39. The van der Waals surface area contributed by atoms with Crippen LogP contribution in [0.25, 0.3) is 0 Å². The number of hydrogen-bond donors (Lipinski definition) is 0. The van der Waals surface area contributed by atoms with E-state index in [4.69, 9.17) is 19.5 Å². The predicted octanol–water partition coefficient (Wildman–Crippen LogP) is 2.73. The molecule has 0 aliphatic heterocycles. The first-order valence-electron chi connectivity index (χ1n) is 6.16. The fraction of sp³-hybridized carbons (Fsp3) is 0.500. The quantitative estimate of drug-likeness (QED) is 0.665. The summed E-state index contributed by atoms with van der Waals surface area (Å²) >= 11 is 0. The molecular weight excluding hydrogens is 230 g/mol. The first kappa shape index (κ1) is 14.5. The highest BCUT2D eigenvalue weighted by atomic mass is 16.7. The summed E-state index contributed by atoms with van der Waals surface area (Å²) in [5.74, 6) is 0.695. The van der Waals surface area contributed by atoms with Crippen molar-refractivity contribution in [1.82, 2.24) is 0 Å². The standard InChI is InChI=1S/C14H19NO3/c1-3-16-14(17-4-2)8-9-18-13-7-5-6-12(10-13)11-15/h5-7,10,14H,3-4,8-9H2,1-2H3. The molecule has 1 aromatic carbocycles. The fourth-order valence-electron chi connectivity index (χ4n) is 1.51. The Morgan fingerprint density at radius 3 is 2.56 bits per heavy atom. The van der Waals surface area contributed by atoms with Crippen molar-refractivity contribution < 1.29 is 14.2 Å². The minimum atomic E-state index is -0.223. The van der Waals surface area contributed by atoms with Crippen LogP contribution < -0.4 is 4.74 Å². The Bertz CT molecular complexity index is 381. The monoisotopic (exact) mass is 249 g/mol. The summed E-state index contributed by atoms with van der Waals surface area (Å²) in [4.78, 5) is 0. The molecule has 1 aromatic rings. The van der Waals surface area contributed by atoms with Crippen molar-refractivity contribution in [2.45, 2.75) is 26.6 Å². The molecule has 0 saturated heterocycles. The van der Waals surface area contributed by atoms with Gasteiger partial charge in [0.2, 0.25) is 0 Å². The number of rotatable bonds is 8. The first-order chi connectivity index (χ1) is 8.80. The fourth-order valence-corrected chi connectivity index (χ4v) is 1.51. The van der Waals surface area contributed by atoms with Crippen LogP contribution in [0.1, 0.15) is 25.8 Å². The highest BCUT2D eigenvalue weighted by molar-refractivity contribution is 5.36. The van der Waals surface area contributed by atoms with Crippen LogP contribution in [-0.2, 0) is 9.47 Å². The van der Waals surface area contributed by atoms with Gasteiger partial charge in [0.15, 0.2) is 6.29 Å². The average molecular weight is 249 g/mol. The summed E-state index contributed by atoms with van der Waals surface area (Å²) in [7, 11) is 0. The molecule has 0 unspecified atom stereocenters. The van der Waals surface area contributed by atoms with Crippen molar-refractivity contribution in [3.05, 3.63) is 29.8 Å². The molecule has 0 aromatic heterocycles. The van der Waals surface area contributed by atoms with E-state index in [1.165, 1.54) is 0 Å². The van der Waals surface area contributed by atoms with Crippen molar-refractivity contribution >= 4 is 0 Å². The van der Waals surface area contributed by atoms with Gasteiger partial charge in [0, 0.05) is 19.6 Å². The second kappa shape index (κ2) is 8.51. The van der Waals surface area contributed by atoms with Gasteiger partial charge in [-0.2, -0.15) is 5.26 Å². The van der Waals surface area contributed by atoms with Gasteiger partial charge >= 0.3 is 0 Å². The van der Waals surface area contributed by atoms with Gasteiger partial charge in [-0.25, -0.2) is 0 Å². The zero-order valence-corrected chi connectivity index (χ0v) is 10.9. The largest absolute Gasteiger partial charge is 0.493 e. The molecular formula is C14H19NO3. The third-order valence-corrected chi connectivity index (χ3v) is 2.29. The third-order valence-electron chi connectivity index (χ3n) is 2.29. The lowest BCUT2D eigenvalue weighted by Gasteiger charge is -2.17. The van der Waals surface area contributed by atoms with Gasteiger partial charge in [-0.15, -0.1) is 0 Å². The first-order valence-corrected chi connectivity index (χ1v) is 6.16. The molecule has 0 aliphatic rings. The molecule has 0 saturated carbocycles. The minimum Gasteiger partial charge on any atom is -0.493 e. The maximum Gasteiger partial charge on any atom is 0.160 e. The summed E-state index contributed by atoms with van der Waals surface area (Å²) in [6, 6.07) is 9.18. The summed E-state index contributed by atoms with van der Waals surface area (Å²) in [6.45, 7) is 5.61. The Labute approximate surface area is 108 Å². The van der Waals surface area contributed by atoms with E-state index in [-0.39, 0.29) is 6.29 Å². The van der Waals surface area contributed by atoms with Crippen LogP contribution in [0.15, 0.2) is 24.3 Å². The van der Waals surface area contributed by atoms with Crippen LogP contribution in [0.4, 0.5) is 0 Å². The molecule has 4 heteroatoms. The molecule has 0 atom stereocenters. The van der Waals surface area contributed by atoms with E-state index in [2.05, 4.69) is 6.07 Å². The molecule has 0 fully saturated rings. The highest BCUT2D eigenvalue weighted by Gasteiger charge is 2.07. The lowest BCUT2D eigenvalue weighted by molar-refractivity contribution is -0.142. The third kappa shape index (κ3) is 5.17. The Morgan fingerprint density at radius 2 is 1.94 bits per heavy atom. The smallest absolute Gasteiger partial charge is 0.160 e. The van der Waals surface area contributed by atoms with E-state index in [0.29, 0.717) is 37.6 Å². The van der Waals surface area contributed by atoms with Crippen molar-refractivity contribution in [3.63, 3.8) is 0 Å². The number of ether oxygens (including phenoxy) is 3. The van der Waals surface area contributed by atoms with Crippen molar-refractivity contribution in [2.24, 2.45) is 0 Å². The molecule has 0 amide bonds. The molecule has 0 N–H and O–H groups in total. The second-order valence-corrected chi connectivity index (χ2v) is 3.62. The molecule has 0 radical (unpaired) electrons. The maximum absolute atomic E-state index is 8.77. The van der Waals surface area contributed by atoms with Crippen molar-refractivity contribution in [3.8, 4) is 11.8 Å². The van der Waals surface area contributed by atoms with Crippen LogP contribution in [0, 0.1) is 11.3 Å². The van der Waals surface area contributed by atoms with Crippen LogP contribution in [0.5, 0.6) is 5.75 Å². The van der Waals surface area contributed by atoms with E-state index in [1.54, 1.807) is 18.2 Å². The van der Waals surface area contributed by atoms with E-state index in [1.807, 2.05) is 19.9 Å². The summed E-state index contributed by atoms with van der Waals surface area (Å²) in [5, 5.41) is 8.77. The van der Waals surface area contributed by atoms with Gasteiger partial charge in [-0.05, 0) is 32.0 Å². The molecule has 0 aliphatic carbocycles. The minimum absolute atomic E-state index is 0.223. The number of nitrogens with zero attached hydrogens (tertiary/aromatic N) is 1. The number of nitriles is 1. The van der Waals surface area contributed by atoms with Gasteiger partial charge in [-0.3, -0.25) is 0 Å². The maximum atomic E-state index is 8.77. The Kier molecular flexibility index (Phi) is 6.85. The molecule has 1 rings (SSSR count). The molecule has 0 heterocycles. The molecule has 0 spiro atoms. The zero-order chi connectivity index (χ0) is 13.2. The SMILES string of the molecule is CCOC(CCOc1cccc(C#N)c1)OCC. The molecule has 4 nitrogen and oxygen atoms in total. The molecule has 98 valence electrons. The summed E-state index contributed by atoms with van der Waals surface area (Å²) in [5.41, 5.74) is 0.596. The summed E-state index contributed by atoms with van der Waals surface area (Å²) < 4.78 is 16.4. The van der Waals surface area contributed by atoms with Gasteiger partial charge in [0.05, 0.1) is 18.2 Å². The van der Waals surface area contributed by atoms with E-state index < -0.39 is 0 Å². The van der Waals surface area contributed by atoms with Crippen LogP contribution >= 0.6 is 0 Å². The van der Waals surface area contributed by atoms with Crippen LogP contribution in [-0.4, -0.2) is 26.1 Å². The lowest BCUT2D eigenvalue weighted by Crippen LogP contribution is -2.20. The van der Waals surface area contributed by atoms with E-state index >= 15 is 0 Å². The summed E-state index contributed by atoms with van der Waals surface area (Å²) in [6.07, 6.45) is 0.442. The van der Waals surface area contributed by atoms with Crippen molar-refractivity contribution in [1.29, 1.82) is 5.26 Å². The highest BCUT2D eigenvalue weighted by Crippen LogP contribution is 2.13. The van der Waals surface area contributed by atoms with Crippen molar-refractivity contribution in [2.75, 3.05) is 19.8 Å². The number of hydrogen-bond acceptors (Lipinski definition) is 4. The van der Waals surface area contributed by atoms with Crippen LogP contribution in [0.2, 0.25) is 0 Å². The van der Waals surface area contributed by atoms with Gasteiger partial charge in [-0.1, -0.05) is 6.07 Å². The van der Waals surface area contributed by atoms with Gasteiger partial charge < -0.3 is 14.2 Å². The Hall–Kier alpha value is -1.57. The normalized spacial score (nSPS) is 10.3. The molecule has 18 heavy (non-hydrogen) atoms. The molecule has 0 bridgehead atoms. The predicted molar refractivity (Wildman–Crippen MR) is 68.3 cm³/mol. The lowest BCUT2D eigenvalue weighted by atomic mass is 10.2. The Balaban J connectivity index is 2.37. The van der Waals surface area contributed by atoms with Gasteiger partial charge in [0.1, 0.15) is 5.75 Å². The topological polar surface area (TPSA) is 51.5 Å². The van der Waals surface area contributed by atoms with Crippen LogP contribution in [0.3, 0.4) is 0 Å². The van der Waals surface area contributed by atoms with E-state index in [0.717, 1.165) is 0 Å². The Morgan fingerprint density at radius 1 is 1.22 bits per heavy atom. The number of benzene rings is 1. The zero-order valence-electron chi connectivity index (χ0n) is 10.9.